The molecule has 4 nitrogen and oxygen atoms in total. The van der Waals surface area contributed by atoms with Crippen LogP contribution in [-0.4, -0.2) is 28.2 Å². The molecule has 0 amide bonds. The molecule has 0 radical (unpaired) electrons. The molecule has 0 aliphatic heterocycles. The Balaban J connectivity index is 1.70. The van der Waals surface area contributed by atoms with Gasteiger partial charge in [-0.05, 0) is 25.0 Å². The lowest BCUT2D eigenvalue weighted by atomic mass is 9.74. The first-order valence-corrected chi connectivity index (χ1v) is 7.11. The summed E-state index contributed by atoms with van der Waals surface area (Å²) in [6.07, 6.45) is 5.96. The maximum absolute atomic E-state index is 9.69. The Morgan fingerprint density at radius 3 is 2.74 bits per heavy atom. The van der Waals surface area contributed by atoms with E-state index in [-0.39, 0.29) is 12.0 Å². The van der Waals surface area contributed by atoms with Crippen LogP contribution in [-0.2, 0) is 0 Å². The first-order valence-electron chi connectivity index (χ1n) is 7.11. The van der Waals surface area contributed by atoms with Crippen LogP contribution >= 0.6 is 0 Å². The molecule has 1 aromatic carbocycles. The standard InChI is InChI=1S/C15H21N3O/c19-11-15(8-4-1-5-9-15)10-16-14-17-12-6-2-3-7-13(12)18-14/h2-3,6-7,19H,1,4-5,8-11H2,(H2,16,17,18). The number of hydrogen-bond acceptors (Lipinski definition) is 3. The van der Waals surface area contributed by atoms with Crippen LogP contribution in [0.3, 0.4) is 0 Å². The number of benzene rings is 1. The maximum atomic E-state index is 9.69. The minimum atomic E-state index is 0.0389. The van der Waals surface area contributed by atoms with Crippen molar-refractivity contribution in [2.24, 2.45) is 5.41 Å². The van der Waals surface area contributed by atoms with Gasteiger partial charge >= 0.3 is 0 Å². The lowest BCUT2D eigenvalue weighted by Crippen LogP contribution is -2.35. The number of aliphatic hydroxyl groups excluding tert-OH is 1. The highest BCUT2D eigenvalue weighted by Crippen LogP contribution is 2.35. The number of imidazole rings is 1. The first-order chi connectivity index (χ1) is 9.31. The van der Waals surface area contributed by atoms with Crippen molar-refractivity contribution in [1.82, 2.24) is 9.97 Å². The van der Waals surface area contributed by atoms with Gasteiger partial charge in [-0.1, -0.05) is 31.4 Å². The van der Waals surface area contributed by atoms with Gasteiger partial charge in [-0.2, -0.15) is 0 Å². The van der Waals surface area contributed by atoms with Crippen molar-refractivity contribution in [3.05, 3.63) is 24.3 Å². The Labute approximate surface area is 113 Å². The summed E-state index contributed by atoms with van der Waals surface area (Å²) in [6.45, 7) is 1.06. The Kier molecular flexibility index (Phi) is 3.42. The Bertz CT molecular complexity index is 510. The van der Waals surface area contributed by atoms with E-state index in [0.717, 1.165) is 36.4 Å². The Morgan fingerprint density at radius 2 is 2.00 bits per heavy atom. The maximum Gasteiger partial charge on any atom is 0.201 e. The van der Waals surface area contributed by atoms with E-state index in [0.29, 0.717) is 0 Å². The molecule has 3 N–H and O–H groups in total. The predicted octanol–water partition coefficient (Wildman–Crippen LogP) is 2.92. The van der Waals surface area contributed by atoms with Gasteiger partial charge in [-0.3, -0.25) is 0 Å². The van der Waals surface area contributed by atoms with Crippen LogP contribution in [0.15, 0.2) is 24.3 Å². The average molecular weight is 259 g/mol. The number of anilines is 1. The highest BCUT2D eigenvalue weighted by Gasteiger charge is 2.31. The molecule has 0 bridgehead atoms. The fourth-order valence-corrected chi connectivity index (χ4v) is 3.00. The monoisotopic (exact) mass is 259 g/mol. The molecule has 1 aromatic heterocycles. The Hall–Kier alpha value is -1.55. The van der Waals surface area contributed by atoms with Gasteiger partial charge in [-0.25, -0.2) is 4.98 Å². The van der Waals surface area contributed by atoms with Crippen molar-refractivity contribution < 1.29 is 5.11 Å². The SMILES string of the molecule is OCC1(CNc2nc3ccccc3[nH]2)CCCCC1. The molecule has 1 aliphatic carbocycles. The summed E-state index contributed by atoms with van der Waals surface area (Å²) >= 11 is 0. The number of nitrogens with one attached hydrogen (secondary N) is 2. The number of aliphatic hydroxyl groups is 1. The van der Waals surface area contributed by atoms with Crippen molar-refractivity contribution in [3.8, 4) is 0 Å². The number of hydrogen-bond donors (Lipinski definition) is 3. The summed E-state index contributed by atoms with van der Waals surface area (Å²) < 4.78 is 0. The number of nitrogens with zero attached hydrogens (tertiary/aromatic N) is 1. The van der Waals surface area contributed by atoms with E-state index in [1.165, 1.54) is 19.3 Å². The van der Waals surface area contributed by atoms with Crippen LogP contribution in [0.1, 0.15) is 32.1 Å². The van der Waals surface area contributed by atoms with Gasteiger partial charge in [0.25, 0.3) is 0 Å². The zero-order valence-corrected chi connectivity index (χ0v) is 11.2. The van der Waals surface area contributed by atoms with Crippen LogP contribution in [0, 0.1) is 5.41 Å². The van der Waals surface area contributed by atoms with E-state index < -0.39 is 0 Å². The van der Waals surface area contributed by atoms with E-state index in [1.807, 2.05) is 24.3 Å². The summed E-state index contributed by atoms with van der Waals surface area (Å²) in [6, 6.07) is 8.01. The van der Waals surface area contributed by atoms with Gasteiger partial charge in [0.05, 0.1) is 17.6 Å². The number of para-hydroxylation sites is 2. The van der Waals surface area contributed by atoms with Gasteiger partial charge in [0.2, 0.25) is 5.95 Å². The number of fused-ring (bicyclic) bond motifs is 1. The van der Waals surface area contributed by atoms with Crippen molar-refractivity contribution in [2.75, 3.05) is 18.5 Å². The van der Waals surface area contributed by atoms with Gasteiger partial charge < -0.3 is 15.4 Å². The van der Waals surface area contributed by atoms with E-state index in [2.05, 4.69) is 15.3 Å². The summed E-state index contributed by atoms with van der Waals surface area (Å²) in [5, 5.41) is 13.1. The van der Waals surface area contributed by atoms with Crippen LogP contribution < -0.4 is 5.32 Å². The molecule has 2 aromatic rings. The third-order valence-electron chi connectivity index (χ3n) is 4.27. The fourth-order valence-electron chi connectivity index (χ4n) is 3.00. The van der Waals surface area contributed by atoms with Gasteiger partial charge in [0.15, 0.2) is 0 Å². The molecular weight excluding hydrogens is 238 g/mol. The predicted molar refractivity (Wildman–Crippen MR) is 77.2 cm³/mol. The molecule has 0 unspecified atom stereocenters. The second-order valence-electron chi connectivity index (χ2n) is 5.67. The van der Waals surface area contributed by atoms with Crippen molar-refractivity contribution in [2.45, 2.75) is 32.1 Å². The van der Waals surface area contributed by atoms with Crippen LogP contribution in [0.25, 0.3) is 11.0 Å². The number of aromatic amines is 1. The van der Waals surface area contributed by atoms with Gasteiger partial charge in [0, 0.05) is 12.0 Å². The normalized spacial score (nSPS) is 18.6. The van der Waals surface area contributed by atoms with E-state index in [9.17, 15) is 5.11 Å². The second-order valence-corrected chi connectivity index (χ2v) is 5.67. The van der Waals surface area contributed by atoms with Crippen LogP contribution in [0.2, 0.25) is 0 Å². The molecule has 0 saturated heterocycles. The zero-order chi connectivity index (χ0) is 13.1. The smallest absolute Gasteiger partial charge is 0.201 e. The van der Waals surface area contributed by atoms with Crippen molar-refractivity contribution in [1.29, 1.82) is 0 Å². The summed E-state index contributed by atoms with van der Waals surface area (Å²) in [4.78, 5) is 7.79. The molecule has 1 fully saturated rings. The topological polar surface area (TPSA) is 60.9 Å². The molecule has 0 spiro atoms. The number of aromatic nitrogens is 2. The summed E-state index contributed by atoms with van der Waals surface area (Å²) in [5.41, 5.74) is 2.07. The van der Waals surface area contributed by atoms with E-state index in [1.54, 1.807) is 0 Å². The highest BCUT2D eigenvalue weighted by molar-refractivity contribution is 5.77. The van der Waals surface area contributed by atoms with Crippen LogP contribution in [0.4, 0.5) is 5.95 Å². The second kappa shape index (κ2) is 5.21. The average Bonchev–Trinajstić information content (AvgIpc) is 2.89. The first kappa shape index (κ1) is 12.5. The lowest BCUT2D eigenvalue weighted by Gasteiger charge is -2.35. The van der Waals surface area contributed by atoms with Gasteiger partial charge in [0.1, 0.15) is 0 Å². The highest BCUT2D eigenvalue weighted by atomic mass is 16.3. The molecule has 4 heteroatoms. The third kappa shape index (κ3) is 2.59. The molecule has 1 aliphatic rings. The largest absolute Gasteiger partial charge is 0.396 e. The van der Waals surface area contributed by atoms with Crippen LogP contribution in [0.5, 0.6) is 0 Å². The quantitative estimate of drug-likeness (QED) is 0.791. The van der Waals surface area contributed by atoms with Crippen molar-refractivity contribution >= 4 is 17.0 Å². The summed E-state index contributed by atoms with van der Waals surface area (Å²) in [5.74, 6) is 0.805. The molecule has 19 heavy (non-hydrogen) atoms. The van der Waals surface area contributed by atoms with Gasteiger partial charge in [-0.15, -0.1) is 0 Å². The minimum Gasteiger partial charge on any atom is -0.396 e. The molecular formula is C15H21N3O. The number of H-pyrrole nitrogens is 1. The molecule has 3 rings (SSSR count). The number of rotatable bonds is 4. The third-order valence-corrected chi connectivity index (χ3v) is 4.27. The molecule has 1 saturated carbocycles. The van der Waals surface area contributed by atoms with Crippen molar-refractivity contribution in [3.63, 3.8) is 0 Å². The molecule has 1 heterocycles. The minimum absolute atomic E-state index is 0.0389. The Morgan fingerprint density at radius 1 is 1.21 bits per heavy atom. The molecule has 0 atom stereocenters. The summed E-state index contributed by atoms with van der Waals surface area (Å²) in [7, 11) is 0. The molecule has 102 valence electrons. The zero-order valence-electron chi connectivity index (χ0n) is 11.2. The van der Waals surface area contributed by atoms with E-state index >= 15 is 0 Å². The lowest BCUT2D eigenvalue weighted by molar-refractivity contribution is 0.0942. The fraction of sp³-hybridized carbons (Fsp3) is 0.533. The van der Waals surface area contributed by atoms with E-state index in [4.69, 9.17) is 0 Å².